The van der Waals surface area contributed by atoms with Gasteiger partial charge in [-0.3, -0.25) is 4.79 Å². The summed E-state index contributed by atoms with van der Waals surface area (Å²) in [4.78, 5) is 26.1. The fourth-order valence-corrected chi connectivity index (χ4v) is 4.50. The standard InChI is InChI=1S/C25H32ClN5O3/c1-25(2,3)34-24(33)31-12-8-17(9-13-31)7-11-30-14-10-18-15-19(5-6-21(18)30)28-20-16-27-29(4)23(32)22(20)26/h5-6,10,14-17,28H,7-9,11-13H2,1-4H3. The number of piperidine rings is 1. The smallest absolute Gasteiger partial charge is 0.410 e. The number of hydrogen-bond donors (Lipinski definition) is 1. The Kier molecular flexibility index (Phi) is 6.89. The van der Waals surface area contributed by atoms with Crippen molar-refractivity contribution in [2.75, 3.05) is 18.4 Å². The van der Waals surface area contributed by atoms with Crippen molar-refractivity contribution >= 4 is 40.0 Å². The van der Waals surface area contributed by atoms with E-state index in [0.29, 0.717) is 11.6 Å². The van der Waals surface area contributed by atoms with Gasteiger partial charge in [0.15, 0.2) is 0 Å². The van der Waals surface area contributed by atoms with Crippen LogP contribution in [0.15, 0.2) is 41.5 Å². The highest BCUT2D eigenvalue weighted by Gasteiger charge is 2.26. The van der Waals surface area contributed by atoms with Crippen LogP contribution in [-0.2, 0) is 18.3 Å². The van der Waals surface area contributed by atoms with Gasteiger partial charge in [0.1, 0.15) is 10.6 Å². The van der Waals surface area contributed by atoms with Crippen molar-refractivity contribution in [3.63, 3.8) is 0 Å². The predicted octanol–water partition coefficient (Wildman–Crippen LogP) is 5.17. The third-order valence-corrected chi connectivity index (χ3v) is 6.54. The van der Waals surface area contributed by atoms with E-state index in [-0.39, 0.29) is 16.7 Å². The summed E-state index contributed by atoms with van der Waals surface area (Å²) in [7, 11) is 1.57. The number of aryl methyl sites for hydroxylation is 2. The summed E-state index contributed by atoms with van der Waals surface area (Å²) in [5.41, 5.74) is 1.69. The SMILES string of the molecule is Cn1ncc(Nc2ccc3c(ccn3CCC3CCN(C(=O)OC(C)(C)C)CC3)c2)c(Cl)c1=O. The molecule has 3 heterocycles. The maximum Gasteiger partial charge on any atom is 0.410 e. The van der Waals surface area contributed by atoms with Crippen LogP contribution in [0.25, 0.3) is 10.9 Å². The number of aromatic nitrogens is 3. The average molecular weight is 486 g/mol. The third-order valence-electron chi connectivity index (χ3n) is 6.17. The molecule has 2 aromatic heterocycles. The number of halogens is 1. The number of likely N-dealkylation sites (tertiary alicyclic amines) is 1. The predicted molar refractivity (Wildman–Crippen MR) is 135 cm³/mol. The molecule has 1 aliphatic rings. The summed E-state index contributed by atoms with van der Waals surface area (Å²) in [6.45, 7) is 8.12. The van der Waals surface area contributed by atoms with Gasteiger partial charge >= 0.3 is 6.09 Å². The first kappa shape index (κ1) is 24.1. The van der Waals surface area contributed by atoms with Crippen molar-refractivity contribution < 1.29 is 9.53 Å². The number of rotatable bonds is 5. The number of carbonyl (C=O) groups excluding carboxylic acids is 1. The number of nitrogens with zero attached hydrogens (tertiary/aromatic N) is 4. The molecule has 182 valence electrons. The first-order valence-corrected chi connectivity index (χ1v) is 12.0. The largest absolute Gasteiger partial charge is 0.444 e. The van der Waals surface area contributed by atoms with E-state index in [4.69, 9.17) is 16.3 Å². The lowest BCUT2D eigenvalue weighted by Crippen LogP contribution is -2.41. The van der Waals surface area contributed by atoms with Crippen LogP contribution in [-0.4, -0.2) is 44.0 Å². The van der Waals surface area contributed by atoms with Crippen LogP contribution >= 0.6 is 11.6 Å². The number of amides is 1. The minimum atomic E-state index is -0.458. The number of carbonyl (C=O) groups is 1. The molecule has 1 fully saturated rings. The Labute approximate surface area is 204 Å². The number of ether oxygens (including phenoxy) is 1. The van der Waals surface area contributed by atoms with Gasteiger partial charge in [-0.15, -0.1) is 0 Å². The lowest BCUT2D eigenvalue weighted by molar-refractivity contribution is 0.0180. The number of anilines is 2. The molecule has 0 unspecified atom stereocenters. The maximum atomic E-state index is 12.3. The molecule has 34 heavy (non-hydrogen) atoms. The Morgan fingerprint density at radius 2 is 1.97 bits per heavy atom. The van der Waals surface area contributed by atoms with E-state index in [1.807, 2.05) is 37.8 Å². The number of fused-ring (bicyclic) bond motifs is 1. The fraction of sp³-hybridized carbons (Fsp3) is 0.480. The van der Waals surface area contributed by atoms with Crippen LogP contribution in [0.3, 0.4) is 0 Å². The first-order chi connectivity index (χ1) is 16.1. The lowest BCUT2D eigenvalue weighted by atomic mass is 9.94. The second-order valence-corrected chi connectivity index (χ2v) is 10.3. The average Bonchev–Trinajstić information content (AvgIpc) is 3.19. The van der Waals surface area contributed by atoms with Gasteiger partial charge in [0, 0.05) is 49.5 Å². The van der Waals surface area contributed by atoms with Gasteiger partial charge in [-0.2, -0.15) is 5.10 Å². The molecule has 0 radical (unpaired) electrons. The van der Waals surface area contributed by atoms with Gasteiger partial charge in [0.25, 0.3) is 5.56 Å². The molecule has 0 atom stereocenters. The highest BCUT2D eigenvalue weighted by molar-refractivity contribution is 6.33. The van der Waals surface area contributed by atoms with Gasteiger partial charge in [0.05, 0.1) is 11.9 Å². The van der Waals surface area contributed by atoms with E-state index in [2.05, 4.69) is 33.3 Å². The van der Waals surface area contributed by atoms with Crippen molar-refractivity contribution in [1.29, 1.82) is 0 Å². The van der Waals surface area contributed by atoms with Crippen LogP contribution in [0, 0.1) is 5.92 Å². The summed E-state index contributed by atoms with van der Waals surface area (Å²) in [6.07, 6.45) is 6.51. The summed E-state index contributed by atoms with van der Waals surface area (Å²) >= 11 is 6.17. The molecule has 1 saturated heterocycles. The number of hydrogen-bond acceptors (Lipinski definition) is 5. The van der Waals surface area contributed by atoms with Crippen LogP contribution in [0.5, 0.6) is 0 Å². The van der Waals surface area contributed by atoms with Crippen molar-refractivity contribution in [3.05, 3.63) is 52.0 Å². The van der Waals surface area contributed by atoms with E-state index in [1.54, 1.807) is 13.2 Å². The maximum absolute atomic E-state index is 12.3. The van der Waals surface area contributed by atoms with Gasteiger partial charge < -0.3 is 19.5 Å². The molecule has 4 rings (SSSR count). The highest BCUT2D eigenvalue weighted by atomic mass is 35.5. The van der Waals surface area contributed by atoms with Crippen molar-refractivity contribution in [1.82, 2.24) is 19.2 Å². The molecule has 9 heteroatoms. The molecule has 1 N–H and O–H groups in total. The van der Waals surface area contributed by atoms with E-state index in [9.17, 15) is 9.59 Å². The summed E-state index contributed by atoms with van der Waals surface area (Å²) in [5, 5.41) is 8.45. The van der Waals surface area contributed by atoms with Crippen LogP contribution in [0.1, 0.15) is 40.0 Å². The molecule has 8 nitrogen and oxygen atoms in total. The van der Waals surface area contributed by atoms with Crippen LogP contribution in [0.4, 0.5) is 16.2 Å². The van der Waals surface area contributed by atoms with Gasteiger partial charge in [0.2, 0.25) is 0 Å². The Morgan fingerprint density at radius 1 is 1.24 bits per heavy atom. The molecule has 0 saturated carbocycles. The molecule has 0 aliphatic carbocycles. The molecule has 0 spiro atoms. The summed E-state index contributed by atoms with van der Waals surface area (Å²) < 4.78 is 8.97. The number of benzene rings is 1. The number of nitrogens with one attached hydrogen (secondary N) is 1. The third kappa shape index (κ3) is 5.55. The van der Waals surface area contributed by atoms with E-state index >= 15 is 0 Å². The summed E-state index contributed by atoms with van der Waals surface area (Å²) in [5.74, 6) is 0.590. The minimum absolute atomic E-state index is 0.118. The van der Waals surface area contributed by atoms with E-state index < -0.39 is 5.60 Å². The molecular weight excluding hydrogens is 454 g/mol. The summed E-state index contributed by atoms with van der Waals surface area (Å²) in [6, 6.07) is 8.19. The van der Waals surface area contributed by atoms with Gasteiger partial charge in [-0.05, 0) is 70.2 Å². The Hall–Kier alpha value is -3.00. The Bertz CT molecular complexity index is 1240. The normalized spacial score (nSPS) is 15.0. The van der Waals surface area contributed by atoms with Crippen molar-refractivity contribution in [2.45, 2.75) is 52.2 Å². The molecule has 1 aromatic carbocycles. The molecule has 0 bridgehead atoms. The van der Waals surface area contributed by atoms with Gasteiger partial charge in [-0.1, -0.05) is 11.6 Å². The molecule has 1 amide bonds. The topological polar surface area (TPSA) is 81.4 Å². The van der Waals surface area contributed by atoms with Crippen molar-refractivity contribution in [3.8, 4) is 0 Å². The second-order valence-electron chi connectivity index (χ2n) is 9.91. The van der Waals surface area contributed by atoms with E-state index in [0.717, 1.165) is 55.5 Å². The first-order valence-electron chi connectivity index (χ1n) is 11.7. The highest BCUT2D eigenvalue weighted by Crippen LogP contribution is 2.27. The molecule has 3 aromatic rings. The Morgan fingerprint density at radius 3 is 2.68 bits per heavy atom. The fourth-order valence-electron chi connectivity index (χ4n) is 4.28. The van der Waals surface area contributed by atoms with Crippen LogP contribution in [0.2, 0.25) is 5.02 Å². The lowest BCUT2D eigenvalue weighted by Gasteiger charge is -2.33. The zero-order valence-corrected chi connectivity index (χ0v) is 20.9. The van der Waals surface area contributed by atoms with E-state index in [1.165, 1.54) is 4.68 Å². The molecular formula is C25H32ClN5O3. The quantitative estimate of drug-likeness (QED) is 0.539. The van der Waals surface area contributed by atoms with Gasteiger partial charge in [-0.25, -0.2) is 9.48 Å². The second kappa shape index (κ2) is 9.70. The zero-order valence-electron chi connectivity index (χ0n) is 20.2. The monoisotopic (exact) mass is 485 g/mol. The Balaban J connectivity index is 1.34. The molecule has 1 aliphatic heterocycles. The van der Waals surface area contributed by atoms with Crippen molar-refractivity contribution in [2.24, 2.45) is 13.0 Å². The minimum Gasteiger partial charge on any atom is -0.444 e. The van der Waals surface area contributed by atoms with Crippen LogP contribution < -0.4 is 10.9 Å². The zero-order chi connectivity index (χ0) is 24.5.